The first-order valence-corrected chi connectivity index (χ1v) is 9.61. The first-order chi connectivity index (χ1) is 13.9. The van der Waals surface area contributed by atoms with Crippen molar-refractivity contribution in [3.8, 4) is 11.5 Å². The van der Waals surface area contributed by atoms with Gasteiger partial charge >= 0.3 is 0 Å². The molecule has 1 atom stereocenters. The van der Waals surface area contributed by atoms with Crippen LogP contribution in [0, 0.1) is 10.1 Å². The molecule has 2 heterocycles. The molecule has 0 bridgehead atoms. The summed E-state index contributed by atoms with van der Waals surface area (Å²) in [6, 6.07) is 3.81. The average molecular weight is 413 g/mol. The number of aromatic nitrogens is 4. The molecule has 0 spiro atoms. The van der Waals surface area contributed by atoms with Gasteiger partial charge in [-0.25, -0.2) is 15.0 Å². The second-order valence-electron chi connectivity index (χ2n) is 5.53. The van der Waals surface area contributed by atoms with Crippen molar-refractivity contribution in [2.24, 2.45) is 10.2 Å². The second kappa shape index (κ2) is 8.43. The highest BCUT2D eigenvalue weighted by Crippen LogP contribution is 2.34. The molecule has 0 aliphatic rings. The third kappa shape index (κ3) is 4.35. The van der Waals surface area contributed by atoms with E-state index in [1.54, 1.807) is 7.05 Å². The van der Waals surface area contributed by atoms with E-state index in [0.29, 0.717) is 11.5 Å². The predicted octanol–water partition coefficient (Wildman–Crippen LogP) is 2.62. The summed E-state index contributed by atoms with van der Waals surface area (Å²) in [5.41, 5.74) is 6.62. The van der Waals surface area contributed by atoms with Gasteiger partial charge in [-0.15, -0.1) is 10.2 Å². The minimum atomic E-state index is -1.52. The number of rotatable bonds is 6. The van der Waals surface area contributed by atoms with Gasteiger partial charge in [-0.3, -0.25) is 19.3 Å². The number of nitrogens with two attached hydrogens (primary N) is 1. The number of benzene rings is 1. The van der Waals surface area contributed by atoms with Gasteiger partial charge < -0.3 is 11.1 Å². The molecular weight excluding hydrogens is 398 g/mol. The van der Waals surface area contributed by atoms with Gasteiger partial charge in [0.05, 0.1) is 26.8 Å². The van der Waals surface area contributed by atoms with Gasteiger partial charge in [-0.2, -0.15) is 0 Å². The van der Waals surface area contributed by atoms with Crippen molar-refractivity contribution < 1.29 is 9.13 Å². The topological polar surface area (TPSA) is 175 Å². The summed E-state index contributed by atoms with van der Waals surface area (Å²) >= 11 is 0. The van der Waals surface area contributed by atoms with Crippen LogP contribution in [-0.2, 0) is 10.8 Å². The zero-order chi connectivity index (χ0) is 21.0. The van der Waals surface area contributed by atoms with E-state index in [2.05, 4.69) is 35.5 Å². The molecule has 13 heteroatoms. The van der Waals surface area contributed by atoms with Crippen LogP contribution in [0.4, 0.5) is 28.7 Å². The van der Waals surface area contributed by atoms with Crippen molar-refractivity contribution in [1.82, 2.24) is 19.9 Å². The smallest absolute Gasteiger partial charge is 0.270 e. The molecular formula is C16H15N9O3S. The van der Waals surface area contributed by atoms with E-state index in [1.165, 1.54) is 43.0 Å². The average Bonchev–Trinajstić information content (AvgIpc) is 2.72. The molecule has 0 saturated carbocycles. The van der Waals surface area contributed by atoms with Gasteiger partial charge in [-0.05, 0) is 6.07 Å². The summed E-state index contributed by atoms with van der Waals surface area (Å²) in [6.45, 7) is 0. The lowest BCUT2D eigenvalue weighted by Crippen LogP contribution is -2.03. The summed E-state index contributed by atoms with van der Waals surface area (Å²) in [4.78, 5) is 27.1. The van der Waals surface area contributed by atoms with Crippen LogP contribution in [0.2, 0.25) is 0 Å². The molecule has 3 N–H and O–H groups in total. The van der Waals surface area contributed by atoms with Gasteiger partial charge in [0, 0.05) is 37.8 Å². The highest BCUT2D eigenvalue weighted by molar-refractivity contribution is 7.84. The van der Waals surface area contributed by atoms with Gasteiger partial charge in [0.15, 0.2) is 23.1 Å². The van der Waals surface area contributed by atoms with E-state index in [1.807, 2.05) is 0 Å². The van der Waals surface area contributed by atoms with Crippen molar-refractivity contribution >= 4 is 39.5 Å². The lowest BCUT2D eigenvalue weighted by molar-refractivity contribution is -0.385. The fourth-order valence-electron chi connectivity index (χ4n) is 2.31. The monoisotopic (exact) mass is 413 g/mol. The van der Waals surface area contributed by atoms with Crippen molar-refractivity contribution in [3.63, 3.8) is 0 Å². The predicted molar refractivity (Wildman–Crippen MR) is 107 cm³/mol. The van der Waals surface area contributed by atoms with Gasteiger partial charge in [0.2, 0.25) is 0 Å². The van der Waals surface area contributed by atoms with Crippen molar-refractivity contribution in [1.29, 1.82) is 0 Å². The van der Waals surface area contributed by atoms with Crippen LogP contribution in [0.5, 0.6) is 0 Å². The van der Waals surface area contributed by atoms with Crippen LogP contribution >= 0.6 is 0 Å². The summed E-state index contributed by atoms with van der Waals surface area (Å²) < 4.78 is 12.0. The molecule has 3 aromatic rings. The molecule has 0 saturated heterocycles. The Morgan fingerprint density at radius 1 is 1.24 bits per heavy atom. The molecule has 148 valence electrons. The SMILES string of the molecule is CNc1nc(-c2cnccn2)nc(N)c1N=Nc1ccc([N+](=O)[O-])cc1S(C)=O. The zero-order valence-electron chi connectivity index (χ0n) is 15.3. The van der Waals surface area contributed by atoms with Crippen molar-refractivity contribution in [2.75, 3.05) is 24.4 Å². The molecule has 12 nitrogen and oxygen atoms in total. The van der Waals surface area contributed by atoms with Crippen molar-refractivity contribution in [3.05, 3.63) is 46.9 Å². The normalized spacial score (nSPS) is 12.1. The number of nitrogen functional groups attached to an aromatic ring is 1. The maximum atomic E-state index is 12.0. The molecule has 3 rings (SSSR count). The van der Waals surface area contributed by atoms with Gasteiger partial charge in [0.25, 0.3) is 5.69 Å². The van der Waals surface area contributed by atoms with E-state index < -0.39 is 15.7 Å². The Morgan fingerprint density at radius 3 is 2.66 bits per heavy atom. The summed E-state index contributed by atoms with van der Waals surface area (Å²) in [6.07, 6.45) is 5.91. The number of hydrogen-bond donors (Lipinski definition) is 2. The lowest BCUT2D eigenvalue weighted by Gasteiger charge is -2.08. The number of nitrogens with zero attached hydrogens (tertiary/aromatic N) is 7. The Bertz CT molecular complexity index is 1120. The van der Waals surface area contributed by atoms with E-state index >= 15 is 0 Å². The number of nitro groups is 1. The quantitative estimate of drug-likeness (QED) is 0.349. The molecule has 0 amide bonds. The Kier molecular flexibility index (Phi) is 5.78. The van der Waals surface area contributed by atoms with E-state index in [0.717, 1.165) is 0 Å². The minimum absolute atomic E-state index is 0.0369. The van der Waals surface area contributed by atoms with Crippen LogP contribution in [-0.4, -0.2) is 42.4 Å². The lowest BCUT2D eigenvalue weighted by atomic mass is 10.3. The third-order valence-electron chi connectivity index (χ3n) is 3.66. The highest BCUT2D eigenvalue weighted by atomic mass is 32.2. The molecule has 1 unspecified atom stereocenters. The van der Waals surface area contributed by atoms with Crippen LogP contribution in [0.1, 0.15) is 0 Å². The largest absolute Gasteiger partial charge is 0.382 e. The number of nitro benzene ring substituents is 1. The Hall–Kier alpha value is -3.87. The Labute approximate surface area is 167 Å². The number of azo groups is 1. The fourth-order valence-corrected chi connectivity index (χ4v) is 3.00. The molecule has 0 fully saturated rings. The van der Waals surface area contributed by atoms with Gasteiger partial charge in [-0.1, -0.05) is 0 Å². The molecule has 1 aromatic carbocycles. The van der Waals surface area contributed by atoms with Crippen LogP contribution in [0.15, 0.2) is 51.9 Å². The van der Waals surface area contributed by atoms with E-state index in [9.17, 15) is 14.3 Å². The molecule has 0 aliphatic heterocycles. The van der Waals surface area contributed by atoms with Gasteiger partial charge in [0.1, 0.15) is 11.4 Å². The highest BCUT2D eigenvalue weighted by Gasteiger charge is 2.16. The minimum Gasteiger partial charge on any atom is -0.382 e. The molecule has 0 aliphatic carbocycles. The molecule has 0 radical (unpaired) electrons. The van der Waals surface area contributed by atoms with Crippen LogP contribution in [0.25, 0.3) is 11.5 Å². The Morgan fingerprint density at radius 2 is 2.03 bits per heavy atom. The fraction of sp³-hybridized carbons (Fsp3) is 0.125. The van der Waals surface area contributed by atoms with E-state index in [-0.39, 0.29) is 33.6 Å². The van der Waals surface area contributed by atoms with Crippen LogP contribution in [0.3, 0.4) is 0 Å². The Balaban J connectivity index is 2.03. The second-order valence-corrected chi connectivity index (χ2v) is 6.88. The zero-order valence-corrected chi connectivity index (χ0v) is 16.1. The third-order valence-corrected chi connectivity index (χ3v) is 4.61. The van der Waals surface area contributed by atoms with E-state index in [4.69, 9.17) is 5.73 Å². The van der Waals surface area contributed by atoms with Crippen molar-refractivity contribution in [2.45, 2.75) is 4.90 Å². The first kappa shape index (κ1) is 19.9. The number of anilines is 2. The number of nitrogens with one attached hydrogen (secondary N) is 1. The summed E-state index contributed by atoms with van der Waals surface area (Å²) in [5, 5.41) is 21.9. The maximum absolute atomic E-state index is 12.0. The standard InChI is InChI=1S/C16H15N9O3S/c1-18-16-13(14(17)21-15(22-16)11-8-19-5-6-20-11)24-23-10-4-3-9(25(26)27)7-12(10)29(2)28/h3-8H,1-2H3,(H3,17,18,21,22). The van der Waals surface area contributed by atoms with Crippen LogP contribution < -0.4 is 11.1 Å². The summed E-state index contributed by atoms with van der Waals surface area (Å²) in [5.74, 6) is 0.586. The number of non-ortho nitro benzene ring substituents is 1. The summed E-state index contributed by atoms with van der Waals surface area (Å²) in [7, 11) is 0.107. The maximum Gasteiger partial charge on any atom is 0.270 e. The number of hydrogen-bond acceptors (Lipinski definition) is 11. The first-order valence-electron chi connectivity index (χ1n) is 8.06. The molecule has 29 heavy (non-hydrogen) atoms. The molecule has 2 aromatic heterocycles.